The topological polar surface area (TPSA) is 87.0 Å². The number of carboxylic acid groups (broad SMARTS) is 1. The predicted molar refractivity (Wildman–Crippen MR) is 105 cm³/mol. The summed E-state index contributed by atoms with van der Waals surface area (Å²) in [7, 11) is 0. The number of unbranched alkanes of at least 4 members (excludes halogenated alkanes) is 3. The fourth-order valence-corrected chi connectivity index (χ4v) is 4.47. The van der Waals surface area contributed by atoms with E-state index in [0.717, 1.165) is 44.9 Å². The maximum atomic E-state index is 10.6. The Morgan fingerprint density at radius 2 is 2.11 bits per heavy atom. The average molecular weight is 381 g/mol. The summed E-state index contributed by atoms with van der Waals surface area (Å²) >= 11 is 0. The number of aliphatic hydroxyl groups is 2. The zero-order valence-electron chi connectivity index (χ0n) is 16.6. The minimum absolute atomic E-state index is 0.0923. The standard InChI is InChI=1S/C22H36O5/c1-2-3-6-11-27-15-18(23)9-10-19-20-13-16(7-4-5-8-22(25)26)12-17(20)14-21(19)24/h7,9-10,17-21,23-24H,2-6,8,11-15H2,1H3,(H,25,26)/t17-,18?,19-,20+,21-/m0/s1. The van der Waals surface area contributed by atoms with Gasteiger partial charge in [-0.25, -0.2) is 0 Å². The maximum Gasteiger partial charge on any atom is 0.303 e. The van der Waals surface area contributed by atoms with E-state index < -0.39 is 12.1 Å². The first-order chi connectivity index (χ1) is 13.0. The molecule has 0 saturated heterocycles. The number of carboxylic acids is 1. The van der Waals surface area contributed by atoms with Crippen molar-refractivity contribution in [2.45, 2.75) is 76.9 Å². The summed E-state index contributed by atoms with van der Waals surface area (Å²) in [6, 6.07) is 0. The molecular weight excluding hydrogens is 344 g/mol. The highest BCUT2D eigenvalue weighted by Crippen LogP contribution is 2.50. The van der Waals surface area contributed by atoms with Crippen molar-refractivity contribution in [3.05, 3.63) is 23.8 Å². The molecule has 5 atom stereocenters. The van der Waals surface area contributed by atoms with Gasteiger partial charge in [-0.3, -0.25) is 4.79 Å². The molecule has 2 rings (SSSR count). The van der Waals surface area contributed by atoms with Gasteiger partial charge in [0.2, 0.25) is 0 Å². The fraction of sp³-hybridized carbons (Fsp3) is 0.773. The van der Waals surface area contributed by atoms with Crippen LogP contribution < -0.4 is 0 Å². The van der Waals surface area contributed by atoms with Crippen LogP contribution in [-0.4, -0.2) is 46.7 Å². The summed E-state index contributed by atoms with van der Waals surface area (Å²) in [5, 5.41) is 29.2. The molecule has 27 heavy (non-hydrogen) atoms. The SMILES string of the molecule is CCCCCOCC(O)C=C[C@H]1[C@@H]2CC(=CCCCC(=O)O)C[C@H]2C[C@@H]1O. The van der Waals surface area contributed by atoms with Gasteiger partial charge in [0, 0.05) is 18.9 Å². The van der Waals surface area contributed by atoms with Crippen molar-refractivity contribution >= 4 is 5.97 Å². The smallest absolute Gasteiger partial charge is 0.303 e. The summed E-state index contributed by atoms with van der Waals surface area (Å²) in [5.74, 6) is 0.287. The van der Waals surface area contributed by atoms with Gasteiger partial charge in [-0.1, -0.05) is 43.6 Å². The summed E-state index contributed by atoms with van der Waals surface area (Å²) in [6.07, 6.45) is 12.9. The molecule has 2 aliphatic rings. The van der Waals surface area contributed by atoms with Gasteiger partial charge in [0.25, 0.3) is 0 Å². The molecule has 0 radical (unpaired) electrons. The Kier molecular flexibility index (Phi) is 9.52. The van der Waals surface area contributed by atoms with Crippen molar-refractivity contribution in [2.75, 3.05) is 13.2 Å². The van der Waals surface area contributed by atoms with E-state index in [1.165, 1.54) is 5.57 Å². The lowest BCUT2D eigenvalue weighted by molar-refractivity contribution is -0.137. The summed E-state index contributed by atoms with van der Waals surface area (Å²) in [4.78, 5) is 10.6. The Labute approximate surface area is 163 Å². The fourth-order valence-electron chi connectivity index (χ4n) is 4.47. The Hall–Kier alpha value is -1.17. The molecule has 5 nitrogen and oxygen atoms in total. The largest absolute Gasteiger partial charge is 0.481 e. The highest BCUT2D eigenvalue weighted by Gasteiger charge is 2.44. The third-order valence-electron chi connectivity index (χ3n) is 5.87. The van der Waals surface area contributed by atoms with Gasteiger partial charge >= 0.3 is 5.97 Å². The van der Waals surface area contributed by atoms with Crippen LogP contribution in [-0.2, 0) is 9.53 Å². The molecule has 0 spiro atoms. The Balaban J connectivity index is 1.76. The third kappa shape index (κ3) is 7.40. The van der Waals surface area contributed by atoms with E-state index in [1.807, 2.05) is 6.08 Å². The molecule has 0 heterocycles. The number of hydrogen-bond donors (Lipinski definition) is 3. The van der Waals surface area contributed by atoms with Crippen molar-refractivity contribution < 1.29 is 24.9 Å². The number of rotatable bonds is 12. The van der Waals surface area contributed by atoms with Crippen LogP contribution in [0, 0.1) is 17.8 Å². The number of ether oxygens (including phenoxy) is 1. The lowest BCUT2D eigenvalue weighted by Gasteiger charge is -2.18. The molecule has 154 valence electrons. The molecule has 5 heteroatoms. The second kappa shape index (κ2) is 11.6. The predicted octanol–water partition coefficient (Wildman–Crippen LogP) is 3.70. The zero-order chi connectivity index (χ0) is 19.6. The Bertz CT molecular complexity index is 513. The second-order valence-electron chi connectivity index (χ2n) is 8.10. The van der Waals surface area contributed by atoms with E-state index in [0.29, 0.717) is 31.5 Å². The minimum atomic E-state index is -0.738. The van der Waals surface area contributed by atoms with Crippen molar-refractivity contribution in [1.29, 1.82) is 0 Å². The van der Waals surface area contributed by atoms with Crippen LogP contribution in [0.15, 0.2) is 23.8 Å². The Morgan fingerprint density at radius 1 is 1.30 bits per heavy atom. The van der Waals surface area contributed by atoms with E-state index in [2.05, 4.69) is 13.0 Å². The van der Waals surface area contributed by atoms with Crippen LogP contribution in [0.4, 0.5) is 0 Å². The first-order valence-electron chi connectivity index (χ1n) is 10.5. The van der Waals surface area contributed by atoms with Crippen LogP contribution >= 0.6 is 0 Å². The van der Waals surface area contributed by atoms with E-state index in [-0.39, 0.29) is 18.4 Å². The van der Waals surface area contributed by atoms with E-state index >= 15 is 0 Å². The van der Waals surface area contributed by atoms with E-state index in [1.54, 1.807) is 6.08 Å². The molecule has 2 saturated carbocycles. The molecular formula is C22H36O5. The van der Waals surface area contributed by atoms with Crippen molar-refractivity contribution in [3.63, 3.8) is 0 Å². The van der Waals surface area contributed by atoms with Gasteiger partial charge in [0.1, 0.15) is 0 Å². The first kappa shape index (κ1) is 22.1. The van der Waals surface area contributed by atoms with Gasteiger partial charge < -0.3 is 20.1 Å². The number of carbonyl (C=O) groups is 1. The molecule has 0 aromatic heterocycles. The maximum absolute atomic E-state index is 10.6. The van der Waals surface area contributed by atoms with E-state index in [9.17, 15) is 15.0 Å². The number of fused-ring (bicyclic) bond motifs is 1. The lowest BCUT2D eigenvalue weighted by atomic mass is 9.90. The van der Waals surface area contributed by atoms with Gasteiger partial charge in [-0.2, -0.15) is 0 Å². The van der Waals surface area contributed by atoms with Gasteiger partial charge in [-0.15, -0.1) is 0 Å². The van der Waals surface area contributed by atoms with E-state index in [4.69, 9.17) is 9.84 Å². The minimum Gasteiger partial charge on any atom is -0.481 e. The number of allylic oxidation sites excluding steroid dienone is 2. The molecule has 3 N–H and O–H groups in total. The van der Waals surface area contributed by atoms with Crippen molar-refractivity contribution in [3.8, 4) is 0 Å². The number of aliphatic hydroxyl groups excluding tert-OH is 2. The zero-order valence-corrected chi connectivity index (χ0v) is 16.6. The molecule has 0 aliphatic heterocycles. The van der Waals surface area contributed by atoms with Gasteiger partial charge in [0.05, 0.1) is 18.8 Å². The van der Waals surface area contributed by atoms with Crippen molar-refractivity contribution in [2.24, 2.45) is 17.8 Å². The summed E-state index contributed by atoms with van der Waals surface area (Å²) in [5.41, 5.74) is 1.40. The van der Waals surface area contributed by atoms with Gasteiger partial charge in [-0.05, 0) is 50.4 Å². The number of aliphatic carboxylic acids is 1. The molecule has 0 bridgehead atoms. The first-order valence-corrected chi connectivity index (χ1v) is 10.5. The van der Waals surface area contributed by atoms with Crippen LogP contribution in [0.5, 0.6) is 0 Å². The molecule has 0 amide bonds. The lowest BCUT2D eigenvalue weighted by Crippen LogP contribution is -2.19. The summed E-state index contributed by atoms with van der Waals surface area (Å²) < 4.78 is 5.50. The van der Waals surface area contributed by atoms with Crippen LogP contribution in [0.2, 0.25) is 0 Å². The number of hydrogen-bond acceptors (Lipinski definition) is 4. The molecule has 2 fully saturated rings. The second-order valence-corrected chi connectivity index (χ2v) is 8.10. The Morgan fingerprint density at radius 3 is 2.85 bits per heavy atom. The van der Waals surface area contributed by atoms with Crippen LogP contribution in [0.3, 0.4) is 0 Å². The van der Waals surface area contributed by atoms with Crippen LogP contribution in [0.1, 0.15) is 64.7 Å². The molecule has 0 aromatic carbocycles. The summed E-state index contributed by atoms with van der Waals surface area (Å²) in [6.45, 7) is 3.15. The normalized spacial score (nSPS) is 30.3. The molecule has 0 aromatic rings. The average Bonchev–Trinajstić information content (AvgIpc) is 3.13. The highest BCUT2D eigenvalue weighted by atomic mass is 16.5. The van der Waals surface area contributed by atoms with Crippen LogP contribution in [0.25, 0.3) is 0 Å². The quantitative estimate of drug-likeness (QED) is 0.355. The molecule has 1 unspecified atom stereocenters. The molecule has 2 aliphatic carbocycles. The third-order valence-corrected chi connectivity index (χ3v) is 5.87. The van der Waals surface area contributed by atoms with Gasteiger partial charge in [0.15, 0.2) is 0 Å². The van der Waals surface area contributed by atoms with Crippen molar-refractivity contribution in [1.82, 2.24) is 0 Å². The highest BCUT2D eigenvalue weighted by molar-refractivity contribution is 5.66. The monoisotopic (exact) mass is 380 g/mol.